The normalized spacial score (nSPS) is 15.6. The summed E-state index contributed by atoms with van der Waals surface area (Å²) in [6.45, 7) is 8.41. The van der Waals surface area contributed by atoms with Gasteiger partial charge in [-0.2, -0.15) is 0 Å². The van der Waals surface area contributed by atoms with Gasteiger partial charge in [0.2, 0.25) is 0 Å². The molecule has 234 valence electrons. The molecule has 4 nitrogen and oxygen atoms in total. The minimum Gasteiger partial charge on any atom is -0.399 e. The number of thiophene rings is 2. The first-order chi connectivity index (χ1) is 23.3. The lowest BCUT2D eigenvalue weighted by molar-refractivity contribution is 0.00578. The van der Waals surface area contributed by atoms with Crippen LogP contribution in [0.1, 0.15) is 27.7 Å². The Morgan fingerprint density at radius 1 is 0.562 bits per heavy atom. The van der Waals surface area contributed by atoms with Crippen LogP contribution in [0.2, 0.25) is 0 Å². The molecule has 8 aromatic rings. The highest BCUT2D eigenvalue weighted by Gasteiger charge is 2.51. The molecular weight excluding hydrogens is 627 g/mol. The Bertz CT molecular complexity index is 2430. The van der Waals surface area contributed by atoms with E-state index in [9.17, 15) is 0 Å². The Kier molecular flexibility index (Phi) is 6.79. The van der Waals surface area contributed by atoms with Crippen LogP contribution in [0.5, 0.6) is 0 Å². The van der Waals surface area contributed by atoms with E-state index in [1.54, 1.807) is 0 Å². The van der Waals surface area contributed by atoms with Crippen LogP contribution >= 0.6 is 22.7 Å². The first-order valence-corrected chi connectivity index (χ1v) is 17.9. The van der Waals surface area contributed by atoms with Gasteiger partial charge in [0.05, 0.1) is 11.2 Å². The second kappa shape index (κ2) is 11.0. The zero-order valence-corrected chi connectivity index (χ0v) is 28.9. The lowest BCUT2D eigenvalue weighted by atomic mass is 9.79. The van der Waals surface area contributed by atoms with E-state index in [4.69, 9.17) is 9.31 Å². The van der Waals surface area contributed by atoms with E-state index < -0.39 is 0 Å². The summed E-state index contributed by atoms with van der Waals surface area (Å²) in [6, 6.07) is 41.8. The molecule has 9 rings (SSSR count). The molecule has 0 aliphatic carbocycles. The molecule has 4 heterocycles. The molecule has 1 fully saturated rings. The Morgan fingerprint density at radius 3 is 1.98 bits per heavy atom. The van der Waals surface area contributed by atoms with Gasteiger partial charge in [0.15, 0.2) is 0 Å². The van der Waals surface area contributed by atoms with Crippen molar-refractivity contribution < 1.29 is 9.31 Å². The number of fused-ring (bicyclic) bond motifs is 6. The average molecular weight is 661 g/mol. The highest BCUT2D eigenvalue weighted by molar-refractivity contribution is 7.26. The van der Waals surface area contributed by atoms with E-state index in [-0.39, 0.29) is 18.3 Å². The third-order valence-corrected chi connectivity index (χ3v) is 12.3. The van der Waals surface area contributed by atoms with Gasteiger partial charge in [0, 0.05) is 75.4 Å². The standard InChI is InChI=1S/C41H33BN2O2S2/c1-40(2)41(3,4)46-42(45-40)27-15-17-33-32-16-14-26(22-37(32)47-38(33)23-27)34-24-30(25-35-31-12-8-9-13-36(31)48-39(34)35)44(28-10-6-5-7-11-28)29-18-20-43-21-19-29/h5-25H,1-4H3. The van der Waals surface area contributed by atoms with Gasteiger partial charge in [-0.15, -0.1) is 22.7 Å². The molecule has 1 saturated heterocycles. The third kappa shape index (κ3) is 4.76. The molecule has 0 bridgehead atoms. The summed E-state index contributed by atoms with van der Waals surface area (Å²) in [7, 11) is -0.378. The number of aromatic nitrogens is 1. The number of para-hydroxylation sites is 1. The van der Waals surface area contributed by atoms with Gasteiger partial charge in [0.1, 0.15) is 0 Å². The smallest absolute Gasteiger partial charge is 0.399 e. The number of pyridine rings is 1. The number of hydrogen-bond donors (Lipinski definition) is 0. The topological polar surface area (TPSA) is 34.6 Å². The Labute approximate surface area is 288 Å². The summed E-state index contributed by atoms with van der Waals surface area (Å²) in [6.07, 6.45) is 3.72. The zero-order valence-electron chi connectivity index (χ0n) is 27.2. The van der Waals surface area contributed by atoms with Gasteiger partial charge in [-0.25, -0.2) is 0 Å². The van der Waals surface area contributed by atoms with Crippen molar-refractivity contribution in [3.05, 3.63) is 128 Å². The van der Waals surface area contributed by atoms with E-state index >= 15 is 0 Å². The maximum absolute atomic E-state index is 6.39. The van der Waals surface area contributed by atoms with E-state index in [1.165, 1.54) is 51.5 Å². The maximum atomic E-state index is 6.39. The highest BCUT2D eigenvalue weighted by Crippen LogP contribution is 2.46. The molecule has 7 heteroatoms. The van der Waals surface area contributed by atoms with Crippen molar-refractivity contribution in [3.8, 4) is 11.1 Å². The van der Waals surface area contributed by atoms with Crippen LogP contribution in [-0.4, -0.2) is 23.3 Å². The van der Waals surface area contributed by atoms with Crippen LogP contribution < -0.4 is 10.4 Å². The van der Waals surface area contributed by atoms with Crippen LogP contribution in [0.3, 0.4) is 0 Å². The number of anilines is 3. The fourth-order valence-electron chi connectivity index (χ4n) is 6.76. The largest absolute Gasteiger partial charge is 0.494 e. The molecule has 5 aromatic carbocycles. The summed E-state index contributed by atoms with van der Waals surface area (Å²) < 4.78 is 17.9. The molecule has 0 saturated carbocycles. The molecule has 0 unspecified atom stereocenters. The Hall–Kier alpha value is -4.53. The first-order valence-electron chi connectivity index (χ1n) is 16.3. The van der Waals surface area contributed by atoms with Crippen molar-refractivity contribution in [2.45, 2.75) is 38.9 Å². The monoisotopic (exact) mass is 660 g/mol. The van der Waals surface area contributed by atoms with Crippen molar-refractivity contribution in [3.63, 3.8) is 0 Å². The minimum atomic E-state index is -0.378. The van der Waals surface area contributed by atoms with E-state index in [2.05, 4.69) is 153 Å². The molecule has 0 amide bonds. The van der Waals surface area contributed by atoms with Gasteiger partial charge < -0.3 is 14.2 Å². The molecular formula is C41H33BN2O2S2. The number of benzene rings is 5. The highest BCUT2D eigenvalue weighted by atomic mass is 32.1. The molecule has 0 atom stereocenters. The van der Waals surface area contributed by atoms with Crippen LogP contribution in [0.4, 0.5) is 17.1 Å². The van der Waals surface area contributed by atoms with E-state index in [1.807, 2.05) is 35.1 Å². The second-order valence-electron chi connectivity index (χ2n) is 13.5. The predicted molar refractivity (Wildman–Crippen MR) is 206 cm³/mol. The van der Waals surface area contributed by atoms with Crippen LogP contribution in [0.25, 0.3) is 51.5 Å². The van der Waals surface area contributed by atoms with Crippen LogP contribution in [0.15, 0.2) is 128 Å². The Balaban J connectivity index is 1.22. The van der Waals surface area contributed by atoms with Gasteiger partial charge >= 0.3 is 7.12 Å². The molecule has 0 N–H and O–H groups in total. The molecule has 1 aliphatic heterocycles. The Morgan fingerprint density at radius 2 is 1.21 bits per heavy atom. The van der Waals surface area contributed by atoms with Gasteiger partial charge in [-0.3, -0.25) is 4.98 Å². The van der Waals surface area contributed by atoms with Crippen molar-refractivity contribution in [2.24, 2.45) is 0 Å². The summed E-state index contributed by atoms with van der Waals surface area (Å²) in [5.74, 6) is 0. The molecule has 0 radical (unpaired) electrons. The van der Waals surface area contributed by atoms with Gasteiger partial charge in [-0.05, 0) is 93.3 Å². The fraction of sp³-hybridized carbons (Fsp3) is 0.146. The summed E-state index contributed by atoms with van der Waals surface area (Å²) in [4.78, 5) is 6.64. The number of hydrogen-bond acceptors (Lipinski definition) is 6. The number of rotatable bonds is 5. The SMILES string of the molecule is CC1(C)OB(c2ccc3c(c2)sc2cc(-c4cc(N(c5ccccc5)c5ccncc5)cc5c4sc4ccccc45)ccc23)OC1(C)C. The lowest BCUT2D eigenvalue weighted by Gasteiger charge is -2.32. The third-order valence-electron chi connectivity index (χ3n) is 9.99. The van der Waals surface area contributed by atoms with Gasteiger partial charge in [-0.1, -0.05) is 60.7 Å². The first kappa shape index (κ1) is 29.6. The van der Waals surface area contributed by atoms with Crippen molar-refractivity contribution in [1.82, 2.24) is 4.98 Å². The van der Waals surface area contributed by atoms with E-state index in [0.717, 1.165) is 22.5 Å². The average Bonchev–Trinajstić information content (AvgIpc) is 3.72. The zero-order chi connectivity index (χ0) is 32.6. The van der Waals surface area contributed by atoms with Crippen LogP contribution in [-0.2, 0) is 9.31 Å². The summed E-state index contributed by atoms with van der Waals surface area (Å²) in [5, 5.41) is 5.07. The fourth-order valence-corrected chi connectivity index (χ4v) is 9.17. The second-order valence-corrected chi connectivity index (χ2v) is 15.6. The van der Waals surface area contributed by atoms with E-state index in [0.29, 0.717) is 0 Å². The maximum Gasteiger partial charge on any atom is 0.494 e. The quantitative estimate of drug-likeness (QED) is 0.172. The number of nitrogens with zero attached hydrogens (tertiary/aromatic N) is 2. The molecule has 1 aliphatic rings. The van der Waals surface area contributed by atoms with Crippen LogP contribution in [0, 0.1) is 0 Å². The molecule has 3 aromatic heterocycles. The van der Waals surface area contributed by atoms with Crippen molar-refractivity contribution in [1.29, 1.82) is 0 Å². The summed E-state index contributed by atoms with van der Waals surface area (Å²) >= 11 is 3.70. The van der Waals surface area contributed by atoms with Crippen molar-refractivity contribution in [2.75, 3.05) is 4.90 Å². The molecule has 48 heavy (non-hydrogen) atoms. The predicted octanol–water partition coefficient (Wildman–Crippen LogP) is 11.3. The lowest BCUT2D eigenvalue weighted by Crippen LogP contribution is -2.41. The minimum absolute atomic E-state index is 0.373. The van der Waals surface area contributed by atoms with Gasteiger partial charge in [0.25, 0.3) is 0 Å². The van der Waals surface area contributed by atoms with Crippen molar-refractivity contribution >= 4 is 92.7 Å². The summed E-state index contributed by atoms with van der Waals surface area (Å²) in [5.41, 5.74) is 6.04. The molecule has 0 spiro atoms.